The molecule has 0 N–H and O–H groups in total. The topological polar surface area (TPSA) is 44.1 Å². The van der Waals surface area contributed by atoms with Crippen LogP contribution in [0.5, 0.6) is 0 Å². The van der Waals surface area contributed by atoms with Gasteiger partial charge in [0.1, 0.15) is 5.82 Å². The summed E-state index contributed by atoms with van der Waals surface area (Å²) in [5, 5.41) is 0. The van der Waals surface area contributed by atoms with E-state index in [2.05, 4.69) is 9.72 Å². The molecule has 0 amide bonds. The molecule has 7 heteroatoms. The Morgan fingerprint density at radius 3 is 2.65 bits per heavy atom. The highest BCUT2D eigenvalue weighted by Gasteiger charge is 2.30. The molecule has 0 atom stereocenters. The molecule has 0 unspecified atom stereocenters. The van der Waals surface area contributed by atoms with Crippen molar-refractivity contribution in [3.8, 4) is 0 Å². The lowest BCUT2D eigenvalue weighted by Crippen LogP contribution is -2.11. The second-order valence-electron chi connectivity index (χ2n) is 4.49. The zero-order valence-electron chi connectivity index (χ0n) is 11.2. The van der Waals surface area contributed by atoms with Crippen molar-refractivity contribution in [1.29, 1.82) is 0 Å². The molecule has 0 aliphatic carbocycles. The minimum Gasteiger partial charge on any atom is -0.465 e. The first-order chi connectivity index (χ1) is 9.29. The SMILES string of the molecule is COC(=O)c1cc(C(C)(F)F)c2nc(CCl)n(C)c2c1. The second kappa shape index (κ2) is 5.01. The van der Waals surface area contributed by atoms with Gasteiger partial charge in [-0.1, -0.05) is 0 Å². The van der Waals surface area contributed by atoms with Crippen LogP contribution in [0.25, 0.3) is 11.0 Å². The molecule has 108 valence electrons. The third-order valence-corrected chi connectivity index (χ3v) is 3.33. The summed E-state index contributed by atoms with van der Waals surface area (Å²) in [7, 11) is 2.86. The van der Waals surface area contributed by atoms with Gasteiger partial charge in [0, 0.05) is 19.5 Å². The Morgan fingerprint density at radius 2 is 2.15 bits per heavy atom. The fourth-order valence-electron chi connectivity index (χ4n) is 2.03. The van der Waals surface area contributed by atoms with Crippen LogP contribution in [-0.4, -0.2) is 22.6 Å². The third kappa shape index (κ3) is 2.35. The lowest BCUT2D eigenvalue weighted by Gasteiger charge is -2.13. The molecule has 0 saturated heterocycles. The molecule has 1 aromatic carbocycles. The molecule has 2 aromatic rings. The smallest absolute Gasteiger partial charge is 0.337 e. The molecule has 0 bridgehead atoms. The summed E-state index contributed by atoms with van der Waals surface area (Å²) in [4.78, 5) is 15.7. The van der Waals surface area contributed by atoms with E-state index in [-0.39, 0.29) is 22.5 Å². The Morgan fingerprint density at radius 1 is 1.50 bits per heavy atom. The van der Waals surface area contributed by atoms with Crippen LogP contribution in [-0.2, 0) is 23.6 Å². The number of aryl methyl sites for hydroxylation is 1. The fourth-order valence-corrected chi connectivity index (χ4v) is 2.26. The highest BCUT2D eigenvalue weighted by atomic mass is 35.5. The van der Waals surface area contributed by atoms with Gasteiger partial charge in [0.25, 0.3) is 5.92 Å². The van der Waals surface area contributed by atoms with E-state index in [1.165, 1.54) is 13.2 Å². The Kier molecular flexibility index (Phi) is 3.69. The van der Waals surface area contributed by atoms with Crippen molar-refractivity contribution in [2.75, 3.05) is 7.11 Å². The summed E-state index contributed by atoms with van der Waals surface area (Å²) >= 11 is 5.74. The number of carbonyl (C=O) groups excluding carboxylic acids is 1. The van der Waals surface area contributed by atoms with Crippen LogP contribution < -0.4 is 0 Å². The molecule has 0 radical (unpaired) electrons. The Hall–Kier alpha value is -1.69. The number of carbonyl (C=O) groups is 1. The monoisotopic (exact) mass is 302 g/mol. The van der Waals surface area contributed by atoms with Crippen molar-refractivity contribution in [3.63, 3.8) is 0 Å². The normalized spacial score (nSPS) is 11.9. The number of alkyl halides is 3. The molecular formula is C13H13ClF2N2O2. The Labute approximate surface area is 119 Å². The molecule has 0 spiro atoms. The van der Waals surface area contributed by atoms with Gasteiger partial charge < -0.3 is 9.30 Å². The van der Waals surface area contributed by atoms with Crippen LogP contribution in [0, 0.1) is 0 Å². The predicted octanol–water partition coefficient (Wildman–Crippen LogP) is 3.21. The average Bonchev–Trinajstić information content (AvgIpc) is 2.72. The summed E-state index contributed by atoms with van der Waals surface area (Å²) < 4.78 is 33.7. The van der Waals surface area contributed by atoms with Crippen LogP contribution in [0.15, 0.2) is 12.1 Å². The zero-order valence-corrected chi connectivity index (χ0v) is 12.0. The van der Waals surface area contributed by atoms with Gasteiger partial charge in [0.05, 0.1) is 29.6 Å². The third-order valence-electron chi connectivity index (χ3n) is 3.09. The number of methoxy groups -OCH3 is 1. The summed E-state index contributed by atoms with van der Waals surface area (Å²) in [6.45, 7) is 0.762. The molecule has 0 aliphatic rings. The van der Waals surface area contributed by atoms with Gasteiger partial charge in [-0.3, -0.25) is 0 Å². The minimum atomic E-state index is -3.12. The molecule has 1 aromatic heterocycles. The van der Waals surface area contributed by atoms with E-state index in [9.17, 15) is 13.6 Å². The summed E-state index contributed by atoms with van der Waals surface area (Å²) in [6, 6.07) is 2.58. The number of rotatable bonds is 3. The number of hydrogen-bond donors (Lipinski definition) is 0. The Bertz CT molecular complexity index is 677. The predicted molar refractivity (Wildman–Crippen MR) is 71.2 cm³/mol. The first-order valence-corrected chi connectivity index (χ1v) is 6.35. The molecule has 4 nitrogen and oxygen atoms in total. The van der Waals surface area contributed by atoms with E-state index >= 15 is 0 Å². The van der Waals surface area contributed by atoms with Gasteiger partial charge in [-0.05, 0) is 12.1 Å². The lowest BCUT2D eigenvalue weighted by atomic mass is 10.0. The summed E-state index contributed by atoms with van der Waals surface area (Å²) in [5.74, 6) is -3.26. The minimum absolute atomic E-state index is 0.0562. The van der Waals surface area contributed by atoms with Gasteiger partial charge in [0.2, 0.25) is 0 Å². The van der Waals surface area contributed by atoms with Gasteiger partial charge >= 0.3 is 5.97 Å². The summed E-state index contributed by atoms with van der Waals surface area (Å²) in [5.41, 5.74) is 0.298. The number of ether oxygens (including phenoxy) is 1. The molecule has 20 heavy (non-hydrogen) atoms. The van der Waals surface area contributed by atoms with Gasteiger partial charge in [0.15, 0.2) is 0 Å². The van der Waals surface area contributed by atoms with E-state index < -0.39 is 11.9 Å². The van der Waals surface area contributed by atoms with Crippen LogP contribution in [0.3, 0.4) is 0 Å². The fraction of sp³-hybridized carbons (Fsp3) is 0.385. The maximum Gasteiger partial charge on any atom is 0.337 e. The molecule has 2 rings (SSSR count). The first-order valence-electron chi connectivity index (χ1n) is 5.81. The number of hydrogen-bond acceptors (Lipinski definition) is 3. The number of aromatic nitrogens is 2. The van der Waals surface area contributed by atoms with Crippen molar-refractivity contribution in [1.82, 2.24) is 9.55 Å². The number of esters is 1. The van der Waals surface area contributed by atoms with Crippen molar-refractivity contribution in [2.24, 2.45) is 7.05 Å². The van der Waals surface area contributed by atoms with Crippen LogP contribution >= 0.6 is 11.6 Å². The number of nitrogens with zero attached hydrogens (tertiary/aromatic N) is 2. The molecule has 0 aliphatic heterocycles. The number of fused-ring (bicyclic) bond motifs is 1. The quantitative estimate of drug-likeness (QED) is 0.646. The molecule has 0 fully saturated rings. The molecule has 0 saturated carbocycles. The number of halogens is 3. The number of imidazole rings is 1. The second-order valence-corrected chi connectivity index (χ2v) is 4.76. The average molecular weight is 303 g/mol. The van der Waals surface area contributed by atoms with E-state index in [0.29, 0.717) is 11.3 Å². The van der Waals surface area contributed by atoms with Gasteiger partial charge in [-0.2, -0.15) is 0 Å². The van der Waals surface area contributed by atoms with Crippen molar-refractivity contribution < 1.29 is 18.3 Å². The van der Waals surface area contributed by atoms with Crippen molar-refractivity contribution in [2.45, 2.75) is 18.7 Å². The van der Waals surface area contributed by atoms with Crippen molar-refractivity contribution >= 4 is 28.6 Å². The Balaban J connectivity index is 2.84. The molecule has 1 heterocycles. The lowest BCUT2D eigenvalue weighted by molar-refractivity contribution is 0.0188. The van der Waals surface area contributed by atoms with E-state index in [4.69, 9.17) is 11.6 Å². The highest BCUT2D eigenvalue weighted by molar-refractivity contribution is 6.16. The molecular weight excluding hydrogens is 290 g/mol. The largest absolute Gasteiger partial charge is 0.465 e. The van der Waals surface area contributed by atoms with E-state index in [1.807, 2.05) is 0 Å². The van der Waals surface area contributed by atoms with Gasteiger partial charge in [-0.25, -0.2) is 18.6 Å². The van der Waals surface area contributed by atoms with E-state index in [1.54, 1.807) is 11.6 Å². The van der Waals surface area contributed by atoms with Crippen LogP contribution in [0.2, 0.25) is 0 Å². The maximum absolute atomic E-state index is 13.7. The van der Waals surface area contributed by atoms with Crippen LogP contribution in [0.1, 0.15) is 28.7 Å². The van der Waals surface area contributed by atoms with Crippen LogP contribution in [0.4, 0.5) is 8.78 Å². The zero-order chi connectivity index (χ0) is 15.1. The number of benzene rings is 1. The van der Waals surface area contributed by atoms with E-state index in [0.717, 1.165) is 13.0 Å². The summed E-state index contributed by atoms with van der Waals surface area (Å²) in [6.07, 6.45) is 0. The first kappa shape index (κ1) is 14.7. The van der Waals surface area contributed by atoms with Gasteiger partial charge in [-0.15, -0.1) is 11.6 Å². The van der Waals surface area contributed by atoms with Crippen molar-refractivity contribution in [3.05, 3.63) is 29.1 Å². The maximum atomic E-state index is 13.7. The highest BCUT2D eigenvalue weighted by Crippen LogP contribution is 2.34. The standard InChI is InChI=1S/C13H13ClF2N2O2/c1-13(15,16)8-4-7(12(19)20-3)5-9-11(8)17-10(6-14)18(9)2/h4-5H,6H2,1-3H3.